The molecule has 170 valence electrons. The molecule has 32 heavy (non-hydrogen) atoms. The molecule has 0 amide bonds. The van der Waals surface area contributed by atoms with Crippen molar-refractivity contribution in [2.75, 3.05) is 24.1 Å². The fourth-order valence-corrected chi connectivity index (χ4v) is 2.87. The van der Waals surface area contributed by atoms with Gasteiger partial charge >= 0.3 is 11.9 Å². The molecule has 2 N–H and O–H groups in total. The molecule has 0 unspecified atom stereocenters. The quantitative estimate of drug-likeness (QED) is 0.285. The van der Waals surface area contributed by atoms with E-state index in [-0.39, 0.29) is 24.6 Å². The number of hydrazone groups is 2. The van der Waals surface area contributed by atoms with Crippen LogP contribution < -0.4 is 10.9 Å². The molecule has 0 bridgehead atoms. The first-order chi connectivity index (χ1) is 15.3. The Balaban J connectivity index is 2.14. The fraction of sp³-hybridized carbons (Fsp3) is 0.273. The number of nitrogens with one attached hydrogen (secondary N) is 2. The molecule has 8 nitrogen and oxygen atoms in total. The minimum Gasteiger partial charge on any atom is -0.461 e. The molecular formula is C22H24Cl2N4O4. The van der Waals surface area contributed by atoms with Gasteiger partial charge in [-0.15, -0.1) is 0 Å². The summed E-state index contributed by atoms with van der Waals surface area (Å²) in [6, 6.07) is 10.7. The van der Waals surface area contributed by atoms with E-state index in [9.17, 15) is 9.59 Å². The third-order valence-electron chi connectivity index (χ3n) is 4.10. The first-order valence-electron chi connectivity index (χ1n) is 9.81. The van der Waals surface area contributed by atoms with Gasteiger partial charge in [0.2, 0.25) is 0 Å². The Hall–Kier alpha value is -3.10. The van der Waals surface area contributed by atoms with E-state index in [4.69, 9.17) is 32.7 Å². The van der Waals surface area contributed by atoms with Crippen LogP contribution >= 0.6 is 23.2 Å². The molecule has 0 aliphatic carbocycles. The van der Waals surface area contributed by atoms with Crippen molar-refractivity contribution in [3.63, 3.8) is 0 Å². The van der Waals surface area contributed by atoms with E-state index in [1.807, 2.05) is 12.1 Å². The van der Waals surface area contributed by atoms with E-state index >= 15 is 0 Å². The summed E-state index contributed by atoms with van der Waals surface area (Å²) < 4.78 is 9.76. The van der Waals surface area contributed by atoms with E-state index in [0.29, 0.717) is 21.4 Å². The highest BCUT2D eigenvalue weighted by Gasteiger charge is 2.10. The molecule has 2 aromatic rings. The topological polar surface area (TPSA) is 101 Å². The number of anilines is 2. The second-order valence-electron chi connectivity index (χ2n) is 6.45. The third kappa shape index (κ3) is 6.96. The van der Waals surface area contributed by atoms with Crippen LogP contribution in [0.2, 0.25) is 10.0 Å². The molecule has 0 heterocycles. The van der Waals surface area contributed by atoms with Gasteiger partial charge in [0.15, 0.2) is 0 Å². The third-order valence-corrected chi connectivity index (χ3v) is 4.73. The van der Waals surface area contributed by atoms with E-state index in [1.165, 1.54) is 0 Å². The normalized spacial score (nSPS) is 11.7. The minimum atomic E-state index is -0.502. The summed E-state index contributed by atoms with van der Waals surface area (Å²) in [6.07, 6.45) is 0. The van der Waals surface area contributed by atoms with Gasteiger partial charge in [0, 0.05) is 0 Å². The number of benzene rings is 2. The van der Waals surface area contributed by atoms with Gasteiger partial charge in [0.05, 0.1) is 34.6 Å². The molecule has 0 atom stereocenters. The van der Waals surface area contributed by atoms with Crippen LogP contribution in [0.1, 0.15) is 27.7 Å². The van der Waals surface area contributed by atoms with Crippen LogP contribution in [-0.2, 0) is 19.1 Å². The molecule has 0 fully saturated rings. The number of carbonyl (C=O) groups excluding carboxylic acids is 2. The number of rotatable bonds is 9. The highest BCUT2D eigenvalue weighted by atomic mass is 35.5. The second kappa shape index (κ2) is 12.1. The number of hydrogen-bond acceptors (Lipinski definition) is 8. The van der Waals surface area contributed by atoms with Gasteiger partial charge in [0.1, 0.15) is 11.4 Å². The van der Waals surface area contributed by atoms with Gasteiger partial charge in [-0.3, -0.25) is 10.9 Å². The monoisotopic (exact) mass is 478 g/mol. The first kappa shape index (κ1) is 25.2. The maximum atomic E-state index is 11.6. The average molecular weight is 479 g/mol. The molecule has 0 radical (unpaired) electrons. The van der Waals surface area contributed by atoms with Crippen LogP contribution in [0.15, 0.2) is 46.6 Å². The van der Waals surface area contributed by atoms with Crippen molar-refractivity contribution >= 4 is 57.9 Å². The van der Waals surface area contributed by atoms with Crippen LogP contribution in [-0.4, -0.2) is 36.6 Å². The van der Waals surface area contributed by atoms with E-state index in [0.717, 1.165) is 11.1 Å². The SMILES string of the molecule is CCOC(=O)/C(C)=N\Nc1ccc(-c2ccc(N/N=C(/C)C(=O)OCC)c(Cl)c2)cc1Cl. The number of halogens is 2. The zero-order valence-electron chi connectivity index (χ0n) is 18.2. The highest BCUT2D eigenvalue weighted by Crippen LogP contribution is 2.32. The van der Waals surface area contributed by atoms with Crippen LogP contribution in [0.4, 0.5) is 11.4 Å². The van der Waals surface area contributed by atoms with Gasteiger partial charge in [0.25, 0.3) is 0 Å². The van der Waals surface area contributed by atoms with Crippen molar-refractivity contribution in [3.05, 3.63) is 46.4 Å². The Morgan fingerprint density at radius 3 is 1.47 bits per heavy atom. The van der Waals surface area contributed by atoms with Gasteiger partial charge in [-0.05, 0) is 63.1 Å². The predicted molar refractivity (Wildman–Crippen MR) is 129 cm³/mol. The van der Waals surface area contributed by atoms with Crippen molar-refractivity contribution < 1.29 is 19.1 Å². The van der Waals surface area contributed by atoms with Crippen molar-refractivity contribution in [1.29, 1.82) is 0 Å². The summed E-state index contributed by atoms with van der Waals surface area (Å²) in [5.74, 6) is -1.00. The standard InChI is InChI=1S/C22H24Cl2N4O4/c1-5-31-21(29)13(3)25-27-19-9-7-15(11-17(19)23)16-8-10-20(18(24)12-16)28-26-14(4)22(30)32-6-2/h7-12,27-28H,5-6H2,1-4H3/b25-13-,26-14-. The largest absolute Gasteiger partial charge is 0.461 e. The highest BCUT2D eigenvalue weighted by molar-refractivity contribution is 6.36. The Morgan fingerprint density at radius 2 is 1.16 bits per heavy atom. The molecule has 2 aromatic carbocycles. The van der Waals surface area contributed by atoms with Gasteiger partial charge in [-0.2, -0.15) is 10.2 Å². The zero-order chi connectivity index (χ0) is 23.7. The molecule has 2 rings (SSSR count). The Labute approximate surface area is 196 Å². The second-order valence-corrected chi connectivity index (χ2v) is 7.26. The molecular weight excluding hydrogens is 455 g/mol. The smallest absolute Gasteiger partial charge is 0.354 e. The predicted octanol–water partition coefficient (Wildman–Crippen LogP) is 5.36. The van der Waals surface area contributed by atoms with Crippen LogP contribution in [0.5, 0.6) is 0 Å². The summed E-state index contributed by atoms with van der Waals surface area (Å²) in [4.78, 5) is 23.2. The van der Waals surface area contributed by atoms with Crippen molar-refractivity contribution in [2.24, 2.45) is 10.2 Å². The lowest BCUT2D eigenvalue weighted by molar-refractivity contribution is -0.135. The molecule has 0 aromatic heterocycles. The molecule has 0 spiro atoms. The van der Waals surface area contributed by atoms with E-state index in [2.05, 4.69) is 21.1 Å². The lowest BCUT2D eigenvalue weighted by Gasteiger charge is -2.10. The fourth-order valence-electron chi connectivity index (χ4n) is 2.42. The summed E-state index contributed by atoms with van der Waals surface area (Å²) in [7, 11) is 0. The zero-order valence-corrected chi connectivity index (χ0v) is 19.7. The van der Waals surface area contributed by atoms with Crippen molar-refractivity contribution in [2.45, 2.75) is 27.7 Å². The molecule has 10 heteroatoms. The Morgan fingerprint density at radius 1 is 0.781 bits per heavy atom. The number of hydrogen-bond donors (Lipinski definition) is 2. The van der Waals surface area contributed by atoms with Crippen molar-refractivity contribution in [1.82, 2.24) is 0 Å². The van der Waals surface area contributed by atoms with Gasteiger partial charge < -0.3 is 9.47 Å². The molecule has 0 saturated carbocycles. The maximum Gasteiger partial charge on any atom is 0.354 e. The van der Waals surface area contributed by atoms with Crippen LogP contribution in [0, 0.1) is 0 Å². The first-order valence-corrected chi connectivity index (χ1v) is 10.6. The molecule has 0 aliphatic heterocycles. The van der Waals surface area contributed by atoms with Gasteiger partial charge in [-0.1, -0.05) is 35.3 Å². The summed E-state index contributed by atoms with van der Waals surface area (Å²) in [5.41, 5.74) is 8.61. The van der Waals surface area contributed by atoms with Crippen LogP contribution in [0.25, 0.3) is 11.1 Å². The van der Waals surface area contributed by atoms with Gasteiger partial charge in [-0.25, -0.2) is 9.59 Å². The minimum absolute atomic E-state index is 0.183. The Bertz CT molecular complexity index is 971. The summed E-state index contributed by atoms with van der Waals surface area (Å²) in [6.45, 7) is 7.08. The Kier molecular flexibility index (Phi) is 9.49. The summed E-state index contributed by atoms with van der Waals surface area (Å²) >= 11 is 12.7. The molecule has 0 saturated heterocycles. The molecule has 0 aliphatic rings. The van der Waals surface area contributed by atoms with E-state index in [1.54, 1.807) is 52.0 Å². The average Bonchev–Trinajstić information content (AvgIpc) is 2.77. The summed E-state index contributed by atoms with van der Waals surface area (Å²) in [5, 5.41) is 8.81. The number of esters is 2. The lowest BCUT2D eigenvalue weighted by atomic mass is 10.0. The van der Waals surface area contributed by atoms with E-state index < -0.39 is 11.9 Å². The van der Waals surface area contributed by atoms with Crippen molar-refractivity contribution in [3.8, 4) is 11.1 Å². The number of nitrogens with zero attached hydrogens (tertiary/aromatic N) is 2. The number of ether oxygens (including phenoxy) is 2. The maximum absolute atomic E-state index is 11.6. The lowest BCUT2D eigenvalue weighted by Crippen LogP contribution is -2.15. The number of carbonyl (C=O) groups is 2. The van der Waals surface area contributed by atoms with Crippen LogP contribution in [0.3, 0.4) is 0 Å².